The van der Waals surface area contributed by atoms with Gasteiger partial charge in [0, 0.05) is 27.4 Å². The summed E-state index contributed by atoms with van der Waals surface area (Å²) in [6.07, 6.45) is 5.97. The molecule has 3 aliphatic heterocycles. The molecule has 6 heterocycles. The number of hydrogen-bond acceptors (Lipinski definition) is 7. The third-order valence-electron chi connectivity index (χ3n) is 11.1. The molecule has 1 saturated carbocycles. The van der Waals surface area contributed by atoms with Crippen molar-refractivity contribution >= 4 is 45.8 Å². The summed E-state index contributed by atoms with van der Waals surface area (Å²) < 4.78 is 35.1. The molecule has 3 fully saturated rings. The van der Waals surface area contributed by atoms with Crippen molar-refractivity contribution < 1.29 is 28.2 Å². The van der Waals surface area contributed by atoms with Gasteiger partial charge in [-0.2, -0.15) is 0 Å². The summed E-state index contributed by atoms with van der Waals surface area (Å²) in [5, 5.41) is 4.07. The van der Waals surface area contributed by atoms with Crippen LogP contribution in [-0.2, 0) is 14.3 Å². The molecule has 53 heavy (non-hydrogen) atoms. The van der Waals surface area contributed by atoms with E-state index in [9.17, 15) is 9.59 Å². The minimum atomic E-state index is -0.733. The van der Waals surface area contributed by atoms with E-state index in [-0.39, 0.29) is 35.1 Å². The highest BCUT2D eigenvalue weighted by atomic mass is 35.5. The Morgan fingerprint density at radius 2 is 1.87 bits per heavy atom. The molecule has 2 N–H and O–H groups in total. The summed E-state index contributed by atoms with van der Waals surface area (Å²) in [6, 6.07) is 14.5. The van der Waals surface area contributed by atoms with E-state index in [1.165, 1.54) is 30.9 Å². The molecule has 0 spiro atoms. The largest absolute Gasteiger partial charge is 0.464 e. The lowest BCUT2D eigenvalue weighted by Crippen LogP contribution is -2.54. The number of hydrogen-bond donors (Lipinski definition) is 2. The van der Waals surface area contributed by atoms with Crippen LogP contribution in [0.3, 0.4) is 0 Å². The van der Waals surface area contributed by atoms with Crippen molar-refractivity contribution in [2.24, 2.45) is 5.92 Å². The molecule has 2 unspecified atom stereocenters. The summed E-state index contributed by atoms with van der Waals surface area (Å²) in [6.45, 7) is 4.56. The van der Waals surface area contributed by atoms with Gasteiger partial charge in [0.15, 0.2) is 0 Å². The second-order valence-electron chi connectivity index (χ2n) is 14.9. The number of alkyl carbamates (subject to hydrolysis) is 1. The molecule has 0 bridgehead atoms. The highest BCUT2D eigenvalue weighted by molar-refractivity contribution is 7.12. The van der Waals surface area contributed by atoms with E-state index in [2.05, 4.69) is 33.1 Å². The Bertz CT molecular complexity index is 2220. The Kier molecular flexibility index (Phi) is 8.74. The molecule has 9 rings (SSSR count). The van der Waals surface area contributed by atoms with Crippen LogP contribution in [0.25, 0.3) is 33.4 Å². The molecular weight excluding hydrogens is 717 g/mol. The number of carbonyl (C=O) groups excluding carboxylic acids is 2. The minimum Gasteiger partial charge on any atom is -0.464 e. The number of H-pyrrole nitrogens is 1. The number of nitrogens with one attached hydrogen (secondary N) is 2. The molecule has 2 amide bonds. The molecule has 13 heteroatoms. The van der Waals surface area contributed by atoms with Gasteiger partial charge in [0.05, 0.1) is 58.9 Å². The number of methoxy groups -OCH3 is 1. The van der Waals surface area contributed by atoms with Gasteiger partial charge in [-0.15, -0.1) is 11.3 Å². The van der Waals surface area contributed by atoms with E-state index in [0.29, 0.717) is 42.4 Å². The first-order valence-corrected chi connectivity index (χ1v) is 19.6. The summed E-state index contributed by atoms with van der Waals surface area (Å²) in [5.41, 5.74) is 3.75. The number of benzene rings is 2. The van der Waals surface area contributed by atoms with Gasteiger partial charge in [0.2, 0.25) is 12.1 Å². The highest BCUT2D eigenvalue weighted by Gasteiger charge is 2.42. The zero-order valence-electron chi connectivity index (χ0n) is 29.7. The average molecular weight is 758 g/mol. The third-order valence-corrected chi connectivity index (χ3v) is 12.6. The lowest BCUT2D eigenvalue weighted by atomic mass is 9.85. The van der Waals surface area contributed by atoms with Gasteiger partial charge in [-0.25, -0.2) is 14.2 Å². The number of imidazole rings is 1. The van der Waals surface area contributed by atoms with Crippen LogP contribution >= 0.6 is 22.9 Å². The van der Waals surface area contributed by atoms with Gasteiger partial charge in [0.25, 0.3) is 0 Å². The number of amides is 2. The fraction of sp³-hybridized carbons (Fsp3) is 0.425. The van der Waals surface area contributed by atoms with Crippen molar-refractivity contribution in [2.75, 3.05) is 13.7 Å². The average Bonchev–Trinajstić information content (AvgIpc) is 3.54. The maximum atomic E-state index is 15.6. The molecule has 10 nitrogen and oxygen atoms in total. The number of thiophene rings is 1. The molecule has 3 aromatic heterocycles. The first-order valence-electron chi connectivity index (χ1n) is 18.4. The van der Waals surface area contributed by atoms with Crippen molar-refractivity contribution in [3.8, 4) is 28.3 Å². The molecule has 2 aromatic carbocycles. The van der Waals surface area contributed by atoms with Gasteiger partial charge in [-0.05, 0) is 107 Å². The Morgan fingerprint density at radius 1 is 1.08 bits per heavy atom. The second-order valence-corrected chi connectivity index (χ2v) is 16.5. The van der Waals surface area contributed by atoms with Gasteiger partial charge >= 0.3 is 6.09 Å². The Labute approximate surface area is 315 Å². The number of rotatable bonds is 7. The molecule has 276 valence electrons. The maximum Gasteiger partial charge on any atom is 0.407 e. The normalized spacial score (nSPS) is 24.4. The summed E-state index contributed by atoms with van der Waals surface area (Å²) in [7, 11) is 1.31. The van der Waals surface area contributed by atoms with Crippen LogP contribution in [0.1, 0.15) is 86.1 Å². The van der Waals surface area contributed by atoms with Gasteiger partial charge < -0.3 is 29.4 Å². The zero-order chi connectivity index (χ0) is 36.5. The predicted octanol–water partition coefficient (Wildman–Crippen LogP) is 8.96. The van der Waals surface area contributed by atoms with Crippen LogP contribution in [0.2, 0.25) is 5.02 Å². The molecule has 0 radical (unpaired) electrons. The number of aromatic amines is 1. The van der Waals surface area contributed by atoms with Crippen LogP contribution in [-0.4, -0.2) is 63.3 Å². The molecule has 6 atom stereocenters. The van der Waals surface area contributed by atoms with E-state index >= 15 is 4.39 Å². The second kappa shape index (κ2) is 13.5. The third kappa shape index (κ3) is 6.28. The van der Waals surface area contributed by atoms with Crippen LogP contribution < -0.4 is 10.1 Å². The topological polar surface area (TPSA) is 111 Å². The number of aromatic nitrogens is 3. The maximum absolute atomic E-state index is 15.6. The Hall–Kier alpha value is -4.39. The van der Waals surface area contributed by atoms with Gasteiger partial charge in [-0.1, -0.05) is 17.7 Å². The number of carbonyl (C=O) groups is 2. The Morgan fingerprint density at radius 3 is 2.64 bits per heavy atom. The minimum absolute atomic E-state index is 0.0224. The van der Waals surface area contributed by atoms with E-state index in [0.717, 1.165) is 45.6 Å². The van der Waals surface area contributed by atoms with Crippen molar-refractivity contribution in [1.82, 2.24) is 24.8 Å². The summed E-state index contributed by atoms with van der Waals surface area (Å²) in [5.74, 6) is 1.08. The van der Waals surface area contributed by atoms with Crippen LogP contribution in [0, 0.1) is 11.7 Å². The summed E-state index contributed by atoms with van der Waals surface area (Å²) >= 11 is 8.06. The van der Waals surface area contributed by atoms with Crippen molar-refractivity contribution in [2.45, 2.75) is 88.8 Å². The first kappa shape index (κ1) is 34.4. The molecule has 1 aliphatic carbocycles. The quantitative estimate of drug-likeness (QED) is 0.172. The molecular formula is C40H41ClFN5O5S. The zero-order valence-corrected chi connectivity index (χ0v) is 31.3. The lowest BCUT2D eigenvalue weighted by Gasteiger charge is -2.38. The van der Waals surface area contributed by atoms with E-state index in [1.807, 2.05) is 36.9 Å². The Balaban J connectivity index is 1.03. The summed E-state index contributed by atoms with van der Waals surface area (Å²) in [4.78, 5) is 39.2. The van der Waals surface area contributed by atoms with Crippen molar-refractivity contribution in [3.05, 3.63) is 81.1 Å². The van der Waals surface area contributed by atoms with Crippen LogP contribution in [0.15, 0.2) is 54.7 Å². The van der Waals surface area contributed by atoms with E-state index < -0.39 is 24.2 Å². The smallest absolute Gasteiger partial charge is 0.407 e. The monoisotopic (exact) mass is 757 g/mol. The molecule has 2 saturated heterocycles. The van der Waals surface area contributed by atoms with Gasteiger partial charge in [0.1, 0.15) is 23.4 Å². The highest BCUT2D eigenvalue weighted by Crippen LogP contribution is 2.50. The van der Waals surface area contributed by atoms with Gasteiger partial charge in [-0.3, -0.25) is 9.36 Å². The van der Waals surface area contributed by atoms with Crippen molar-refractivity contribution in [3.63, 3.8) is 0 Å². The first-order chi connectivity index (χ1) is 25.6. The van der Waals surface area contributed by atoms with E-state index in [1.54, 1.807) is 23.6 Å². The van der Waals surface area contributed by atoms with Crippen LogP contribution in [0.5, 0.6) is 5.75 Å². The lowest BCUT2D eigenvalue weighted by molar-refractivity contribution is -0.138. The number of halogens is 2. The SMILES string of the molecule is COC(=O)N[C@H](C(=O)N1CCC[C@@H]1c1ncc(-c2ccc3c(c2)cc2n3C(c3ccc(C4CC4)s3)Oc3cc(Cl)cc(F)c3-2)[nH]1)C1C[C@@H](C)O[C@@H](C)C1. The molecule has 4 aliphatic rings. The predicted molar refractivity (Wildman–Crippen MR) is 201 cm³/mol. The number of fused-ring (bicyclic) bond motifs is 5. The number of ether oxygens (including phenoxy) is 3. The number of nitrogens with zero attached hydrogens (tertiary/aromatic N) is 3. The van der Waals surface area contributed by atoms with Crippen molar-refractivity contribution in [1.29, 1.82) is 0 Å². The fourth-order valence-electron chi connectivity index (χ4n) is 8.63. The fourth-order valence-corrected chi connectivity index (χ4v) is 10.0. The number of likely N-dealkylation sites (tertiary alicyclic amines) is 1. The van der Waals surface area contributed by atoms with E-state index in [4.69, 9.17) is 30.8 Å². The molecule has 5 aromatic rings. The van der Waals surface area contributed by atoms with Crippen LogP contribution in [0.4, 0.5) is 9.18 Å². The standard InChI is InChI=1S/C40H41ClFN5O5S/c1-20-13-25(14-21(2)51-20)36(45-40(49)50-3)38(48)46-12-4-5-30(46)37-43-19-28(44-37)23-8-9-29-24(15-23)16-31-35-27(42)17-26(41)18-32(35)52-39(47(29)31)34-11-10-33(53-34)22-6-7-22/h8-11,15-22,25,30,36,39H,4-7,12-14H2,1-3H3,(H,43,44)(H,45,49)/t20-,21+,25?,30-,36+,39?/m1/s1.